The zero-order valence-corrected chi connectivity index (χ0v) is 19.4. The lowest BCUT2D eigenvalue weighted by molar-refractivity contribution is -0.136. The second-order valence-electron chi connectivity index (χ2n) is 10.2. The van der Waals surface area contributed by atoms with E-state index in [-0.39, 0.29) is 17.9 Å². The molecule has 1 aromatic carbocycles. The predicted octanol–water partition coefficient (Wildman–Crippen LogP) is 3.56. The van der Waals surface area contributed by atoms with Gasteiger partial charge in [-0.15, -0.1) is 0 Å². The van der Waals surface area contributed by atoms with E-state index in [0.29, 0.717) is 24.4 Å². The van der Waals surface area contributed by atoms with Crippen LogP contribution in [0.25, 0.3) is 5.69 Å². The maximum atomic E-state index is 13.3. The molecule has 0 radical (unpaired) electrons. The van der Waals surface area contributed by atoms with E-state index < -0.39 is 17.5 Å². The summed E-state index contributed by atoms with van der Waals surface area (Å²) >= 11 is 0. The fourth-order valence-corrected chi connectivity index (χ4v) is 5.62. The third kappa shape index (κ3) is 4.01. The largest absolute Gasteiger partial charge is 0.325 e. The Balaban J connectivity index is 1.52. The standard InChI is InChI=1S/C24H31N5O3/c1-15-11-23(4,5)14-24(12-15)21(31)28(22(32)26-24)13-20(30)25-18-8-6-7-9-19(18)29-17(3)10-16(2)27-29/h6-10,15H,11-14H2,1-5H3,(H,25,30)(H,26,32). The lowest BCUT2D eigenvalue weighted by atomic mass is 9.64. The van der Waals surface area contributed by atoms with Crippen LogP contribution in [0.2, 0.25) is 0 Å². The van der Waals surface area contributed by atoms with Crippen LogP contribution in [-0.2, 0) is 9.59 Å². The van der Waals surface area contributed by atoms with E-state index in [9.17, 15) is 14.4 Å². The summed E-state index contributed by atoms with van der Waals surface area (Å²) in [7, 11) is 0. The Labute approximate surface area is 188 Å². The number of carbonyl (C=O) groups is 3. The second-order valence-corrected chi connectivity index (χ2v) is 10.2. The van der Waals surface area contributed by atoms with Crippen LogP contribution in [0.15, 0.2) is 30.3 Å². The number of urea groups is 1. The van der Waals surface area contributed by atoms with E-state index in [4.69, 9.17) is 0 Å². The maximum Gasteiger partial charge on any atom is 0.325 e. The molecule has 4 amide bonds. The van der Waals surface area contributed by atoms with Gasteiger partial charge in [-0.3, -0.25) is 14.5 Å². The Morgan fingerprint density at radius 1 is 1.22 bits per heavy atom. The lowest BCUT2D eigenvalue weighted by Gasteiger charge is -2.43. The molecule has 4 rings (SSSR count). The minimum Gasteiger partial charge on any atom is -0.323 e. The number of hydrogen-bond acceptors (Lipinski definition) is 4. The molecule has 8 heteroatoms. The molecule has 2 aromatic rings. The Bertz CT molecular complexity index is 1090. The Hall–Kier alpha value is -3.16. The first-order valence-electron chi connectivity index (χ1n) is 11.1. The van der Waals surface area contributed by atoms with Gasteiger partial charge in [0.2, 0.25) is 5.91 Å². The van der Waals surface area contributed by atoms with Crippen LogP contribution in [0.4, 0.5) is 10.5 Å². The van der Waals surface area contributed by atoms with Gasteiger partial charge in [-0.2, -0.15) is 5.10 Å². The first kappa shape index (κ1) is 22.0. The monoisotopic (exact) mass is 437 g/mol. The number of para-hydroxylation sites is 2. The van der Waals surface area contributed by atoms with Crippen molar-refractivity contribution < 1.29 is 14.4 Å². The number of aryl methyl sites for hydroxylation is 2. The summed E-state index contributed by atoms with van der Waals surface area (Å²) in [5, 5.41) is 10.3. The molecule has 2 unspecified atom stereocenters. The minimum absolute atomic E-state index is 0.0580. The number of amides is 4. The van der Waals surface area contributed by atoms with Crippen molar-refractivity contribution in [2.75, 3.05) is 11.9 Å². The van der Waals surface area contributed by atoms with Gasteiger partial charge in [-0.1, -0.05) is 32.9 Å². The Morgan fingerprint density at radius 3 is 2.59 bits per heavy atom. The molecular weight excluding hydrogens is 406 g/mol. The van der Waals surface area contributed by atoms with Crippen molar-refractivity contribution in [1.29, 1.82) is 0 Å². The highest BCUT2D eigenvalue weighted by molar-refractivity contribution is 6.10. The average molecular weight is 438 g/mol. The van der Waals surface area contributed by atoms with E-state index in [2.05, 4.69) is 36.5 Å². The summed E-state index contributed by atoms with van der Waals surface area (Å²) in [5.74, 6) is -0.420. The second kappa shape index (κ2) is 7.76. The average Bonchev–Trinajstić information content (AvgIpc) is 3.11. The smallest absolute Gasteiger partial charge is 0.323 e. The normalized spacial score (nSPS) is 24.7. The summed E-state index contributed by atoms with van der Waals surface area (Å²) in [6.45, 7) is 9.87. The third-order valence-corrected chi connectivity index (χ3v) is 6.34. The fourth-order valence-electron chi connectivity index (χ4n) is 5.62. The quantitative estimate of drug-likeness (QED) is 0.715. The molecule has 2 aliphatic rings. The molecule has 1 saturated carbocycles. The summed E-state index contributed by atoms with van der Waals surface area (Å²) in [4.78, 5) is 39.9. The van der Waals surface area contributed by atoms with Crippen LogP contribution in [0.3, 0.4) is 0 Å². The zero-order chi connectivity index (χ0) is 23.3. The van der Waals surface area contributed by atoms with E-state index in [1.807, 2.05) is 38.1 Å². The zero-order valence-electron chi connectivity index (χ0n) is 19.4. The molecule has 0 bridgehead atoms. The highest BCUT2D eigenvalue weighted by Gasteiger charge is 2.56. The number of imide groups is 1. The molecule has 1 aromatic heterocycles. The van der Waals surface area contributed by atoms with Crippen molar-refractivity contribution in [3.63, 3.8) is 0 Å². The Kier molecular flexibility index (Phi) is 5.35. The van der Waals surface area contributed by atoms with Crippen molar-refractivity contribution >= 4 is 23.5 Å². The van der Waals surface area contributed by atoms with E-state index in [1.165, 1.54) is 0 Å². The van der Waals surface area contributed by atoms with Gasteiger partial charge in [-0.05, 0) is 62.6 Å². The summed E-state index contributed by atoms with van der Waals surface area (Å²) < 4.78 is 1.76. The van der Waals surface area contributed by atoms with Crippen LogP contribution in [0.5, 0.6) is 0 Å². The molecule has 1 aliphatic heterocycles. The topological polar surface area (TPSA) is 96.3 Å². The van der Waals surface area contributed by atoms with Gasteiger partial charge >= 0.3 is 6.03 Å². The van der Waals surface area contributed by atoms with Gasteiger partial charge < -0.3 is 10.6 Å². The lowest BCUT2D eigenvalue weighted by Crippen LogP contribution is -2.54. The van der Waals surface area contributed by atoms with Gasteiger partial charge in [-0.25, -0.2) is 9.48 Å². The number of aromatic nitrogens is 2. The fraction of sp³-hybridized carbons (Fsp3) is 0.500. The number of rotatable bonds is 4. The van der Waals surface area contributed by atoms with E-state index >= 15 is 0 Å². The molecular formula is C24H31N5O3. The van der Waals surface area contributed by atoms with Gasteiger partial charge in [0, 0.05) is 5.69 Å². The Morgan fingerprint density at radius 2 is 1.94 bits per heavy atom. The minimum atomic E-state index is -0.917. The van der Waals surface area contributed by atoms with Crippen LogP contribution < -0.4 is 10.6 Å². The summed E-state index contributed by atoms with van der Waals surface area (Å²) in [6.07, 6.45) is 2.18. The molecule has 1 aliphatic carbocycles. The van der Waals surface area contributed by atoms with Crippen LogP contribution in [0.1, 0.15) is 51.4 Å². The molecule has 170 valence electrons. The molecule has 2 atom stereocenters. The van der Waals surface area contributed by atoms with Crippen LogP contribution >= 0.6 is 0 Å². The number of hydrogen-bond donors (Lipinski definition) is 2. The maximum absolute atomic E-state index is 13.3. The summed E-state index contributed by atoms with van der Waals surface area (Å²) in [5.41, 5.74) is 2.13. The van der Waals surface area contributed by atoms with Crippen molar-refractivity contribution in [3.05, 3.63) is 41.7 Å². The van der Waals surface area contributed by atoms with Crippen molar-refractivity contribution in [2.24, 2.45) is 11.3 Å². The molecule has 1 spiro atoms. The number of nitrogens with zero attached hydrogens (tertiary/aromatic N) is 3. The molecule has 2 heterocycles. The summed E-state index contributed by atoms with van der Waals surface area (Å²) in [6, 6.07) is 8.79. The highest BCUT2D eigenvalue weighted by Crippen LogP contribution is 2.46. The van der Waals surface area contributed by atoms with E-state index in [1.54, 1.807) is 10.7 Å². The van der Waals surface area contributed by atoms with Gasteiger partial charge in [0.25, 0.3) is 5.91 Å². The first-order valence-corrected chi connectivity index (χ1v) is 11.1. The van der Waals surface area contributed by atoms with Gasteiger partial charge in [0.1, 0.15) is 12.1 Å². The molecule has 2 N–H and O–H groups in total. The highest BCUT2D eigenvalue weighted by atomic mass is 16.2. The number of carbonyl (C=O) groups excluding carboxylic acids is 3. The van der Waals surface area contributed by atoms with Crippen LogP contribution in [-0.4, -0.2) is 44.6 Å². The third-order valence-electron chi connectivity index (χ3n) is 6.34. The van der Waals surface area contributed by atoms with Crippen LogP contribution in [0, 0.1) is 25.2 Å². The molecule has 1 saturated heterocycles. The van der Waals surface area contributed by atoms with Gasteiger partial charge in [0.15, 0.2) is 0 Å². The van der Waals surface area contributed by atoms with E-state index in [0.717, 1.165) is 28.4 Å². The SMILES string of the molecule is Cc1cc(C)n(-c2ccccc2NC(=O)CN2C(=O)NC3(CC(C)CC(C)(C)C3)C2=O)n1. The predicted molar refractivity (Wildman–Crippen MR) is 121 cm³/mol. The van der Waals surface area contributed by atoms with Crippen molar-refractivity contribution in [3.8, 4) is 5.69 Å². The van der Waals surface area contributed by atoms with Gasteiger partial charge in [0.05, 0.1) is 17.1 Å². The molecule has 2 fully saturated rings. The van der Waals surface area contributed by atoms with Crippen molar-refractivity contribution in [2.45, 2.75) is 59.4 Å². The van der Waals surface area contributed by atoms with Crippen molar-refractivity contribution in [1.82, 2.24) is 20.0 Å². The first-order chi connectivity index (χ1) is 15.0. The molecule has 8 nitrogen and oxygen atoms in total. The molecule has 32 heavy (non-hydrogen) atoms. The number of nitrogens with one attached hydrogen (secondary N) is 2. The number of anilines is 1. The number of benzene rings is 1.